The van der Waals surface area contributed by atoms with Crippen molar-refractivity contribution in [2.45, 2.75) is 52.0 Å². The number of ether oxygens (including phenoxy) is 1. The Morgan fingerprint density at radius 3 is 2.71 bits per heavy atom. The molecular formula is C19H27NO4. The number of carbonyl (C=O) groups excluding carboxylic acids is 1. The van der Waals surface area contributed by atoms with Crippen LogP contribution in [0.5, 0.6) is 5.75 Å². The van der Waals surface area contributed by atoms with Gasteiger partial charge in [0, 0.05) is 6.54 Å². The van der Waals surface area contributed by atoms with Crippen molar-refractivity contribution in [1.29, 1.82) is 0 Å². The van der Waals surface area contributed by atoms with Gasteiger partial charge in [-0.05, 0) is 37.0 Å². The molecule has 1 aliphatic carbocycles. The van der Waals surface area contributed by atoms with Gasteiger partial charge in [-0.3, -0.25) is 9.59 Å². The summed E-state index contributed by atoms with van der Waals surface area (Å²) in [4.78, 5) is 23.7. The number of carboxylic acids is 1. The predicted octanol–water partition coefficient (Wildman–Crippen LogP) is 3.37. The molecule has 132 valence electrons. The quantitative estimate of drug-likeness (QED) is 0.715. The van der Waals surface area contributed by atoms with Crippen LogP contribution in [0.2, 0.25) is 0 Å². The lowest BCUT2D eigenvalue weighted by Crippen LogP contribution is -2.39. The monoisotopic (exact) mass is 333 g/mol. The Balaban J connectivity index is 1.88. The highest BCUT2D eigenvalue weighted by Crippen LogP contribution is 2.30. The maximum atomic E-state index is 12.4. The highest BCUT2D eigenvalue weighted by molar-refractivity contribution is 5.84. The Morgan fingerprint density at radius 1 is 1.25 bits per heavy atom. The van der Waals surface area contributed by atoms with E-state index < -0.39 is 17.8 Å². The number of carbonyl (C=O) groups is 2. The molecule has 0 spiro atoms. The Bertz CT molecular complexity index is 558. The van der Waals surface area contributed by atoms with E-state index in [1.54, 1.807) is 0 Å². The van der Waals surface area contributed by atoms with Crippen LogP contribution in [0, 0.1) is 11.8 Å². The van der Waals surface area contributed by atoms with Gasteiger partial charge in [0.1, 0.15) is 5.75 Å². The molecule has 0 radical (unpaired) electrons. The van der Waals surface area contributed by atoms with Crippen LogP contribution in [0.3, 0.4) is 0 Å². The second-order valence-corrected chi connectivity index (χ2v) is 6.40. The molecule has 2 N–H and O–H groups in total. The number of aliphatic carboxylic acids is 1. The first-order chi connectivity index (χ1) is 11.6. The van der Waals surface area contributed by atoms with Crippen LogP contribution in [-0.4, -0.2) is 23.6 Å². The topological polar surface area (TPSA) is 75.6 Å². The SMILES string of the molecule is CCCCOc1cccc(CNC(=O)[C@@H]2CCCC[C@H]2C(=O)O)c1. The molecule has 5 heteroatoms. The summed E-state index contributed by atoms with van der Waals surface area (Å²) in [6, 6.07) is 7.67. The number of hydrogen-bond donors (Lipinski definition) is 2. The van der Waals surface area contributed by atoms with E-state index in [0.717, 1.165) is 37.0 Å². The number of carboxylic acid groups (broad SMARTS) is 1. The first kappa shape index (κ1) is 18.3. The summed E-state index contributed by atoms with van der Waals surface area (Å²) in [6.45, 7) is 3.20. The van der Waals surface area contributed by atoms with Gasteiger partial charge in [0.05, 0.1) is 18.4 Å². The van der Waals surface area contributed by atoms with Crippen molar-refractivity contribution in [3.8, 4) is 5.75 Å². The summed E-state index contributed by atoms with van der Waals surface area (Å²) in [5, 5.41) is 12.2. The third-order valence-electron chi connectivity index (χ3n) is 4.55. The van der Waals surface area contributed by atoms with Gasteiger partial charge >= 0.3 is 5.97 Å². The molecule has 1 aromatic carbocycles. The predicted molar refractivity (Wildman–Crippen MR) is 91.8 cm³/mol. The minimum Gasteiger partial charge on any atom is -0.494 e. The first-order valence-electron chi connectivity index (χ1n) is 8.84. The fourth-order valence-electron chi connectivity index (χ4n) is 3.14. The zero-order chi connectivity index (χ0) is 17.4. The maximum absolute atomic E-state index is 12.4. The summed E-state index contributed by atoms with van der Waals surface area (Å²) in [6.07, 6.45) is 5.15. The summed E-state index contributed by atoms with van der Waals surface area (Å²) in [5.41, 5.74) is 0.958. The van der Waals surface area contributed by atoms with Crippen LogP contribution in [-0.2, 0) is 16.1 Å². The zero-order valence-corrected chi connectivity index (χ0v) is 14.3. The molecule has 0 heterocycles. The van der Waals surface area contributed by atoms with Crippen LogP contribution in [0.15, 0.2) is 24.3 Å². The zero-order valence-electron chi connectivity index (χ0n) is 14.3. The molecule has 0 bridgehead atoms. The minimum absolute atomic E-state index is 0.153. The molecule has 1 aromatic rings. The lowest BCUT2D eigenvalue weighted by Gasteiger charge is -2.27. The highest BCUT2D eigenvalue weighted by atomic mass is 16.5. The molecule has 1 aliphatic rings. The minimum atomic E-state index is -0.860. The van der Waals surface area contributed by atoms with Gasteiger partial charge in [-0.25, -0.2) is 0 Å². The van der Waals surface area contributed by atoms with Gasteiger partial charge < -0.3 is 15.2 Å². The van der Waals surface area contributed by atoms with Gasteiger partial charge in [-0.15, -0.1) is 0 Å². The first-order valence-corrected chi connectivity index (χ1v) is 8.84. The van der Waals surface area contributed by atoms with Crippen LogP contribution in [0.4, 0.5) is 0 Å². The smallest absolute Gasteiger partial charge is 0.307 e. The van der Waals surface area contributed by atoms with E-state index in [2.05, 4.69) is 12.2 Å². The molecule has 5 nitrogen and oxygen atoms in total. The maximum Gasteiger partial charge on any atom is 0.307 e. The van der Waals surface area contributed by atoms with E-state index in [1.807, 2.05) is 24.3 Å². The average molecular weight is 333 g/mol. The van der Waals surface area contributed by atoms with Gasteiger partial charge in [-0.1, -0.05) is 38.3 Å². The van der Waals surface area contributed by atoms with Crippen molar-refractivity contribution >= 4 is 11.9 Å². The van der Waals surface area contributed by atoms with Crippen molar-refractivity contribution in [3.63, 3.8) is 0 Å². The van der Waals surface area contributed by atoms with Crippen LogP contribution in [0.25, 0.3) is 0 Å². The van der Waals surface area contributed by atoms with Crippen LogP contribution in [0.1, 0.15) is 51.0 Å². The molecule has 24 heavy (non-hydrogen) atoms. The van der Waals surface area contributed by atoms with Gasteiger partial charge in [0.2, 0.25) is 5.91 Å². The molecule has 1 amide bonds. The van der Waals surface area contributed by atoms with Crippen LogP contribution >= 0.6 is 0 Å². The van der Waals surface area contributed by atoms with Crippen LogP contribution < -0.4 is 10.1 Å². The molecule has 0 aliphatic heterocycles. The van der Waals surface area contributed by atoms with E-state index in [0.29, 0.717) is 26.0 Å². The summed E-state index contributed by atoms with van der Waals surface area (Å²) in [5.74, 6) is -1.18. The summed E-state index contributed by atoms with van der Waals surface area (Å²) in [7, 11) is 0. The fourth-order valence-corrected chi connectivity index (χ4v) is 3.14. The van der Waals surface area contributed by atoms with Gasteiger partial charge in [0.25, 0.3) is 0 Å². The average Bonchev–Trinajstić information content (AvgIpc) is 2.60. The molecular weight excluding hydrogens is 306 g/mol. The van der Waals surface area contributed by atoms with Crippen molar-refractivity contribution < 1.29 is 19.4 Å². The molecule has 0 unspecified atom stereocenters. The standard InChI is InChI=1S/C19H27NO4/c1-2-3-11-24-15-8-6-7-14(12-15)13-20-18(21)16-9-4-5-10-17(16)19(22)23/h6-8,12,16-17H,2-5,9-11,13H2,1H3,(H,20,21)(H,22,23)/t16-,17-/m1/s1. The number of rotatable bonds is 8. The molecule has 1 saturated carbocycles. The lowest BCUT2D eigenvalue weighted by molar-refractivity contribution is -0.148. The Kier molecular flexibility index (Phi) is 7.09. The van der Waals surface area contributed by atoms with Crippen molar-refractivity contribution in [3.05, 3.63) is 29.8 Å². The molecule has 0 saturated heterocycles. The normalized spacial score (nSPS) is 20.4. The highest BCUT2D eigenvalue weighted by Gasteiger charge is 2.35. The third kappa shape index (κ3) is 5.25. The van der Waals surface area contributed by atoms with Gasteiger partial charge in [0.15, 0.2) is 0 Å². The molecule has 2 rings (SSSR count). The second-order valence-electron chi connectivity index (χ2n) is 6.40. The molecule has 0 aromatic heterocycles. The Labute approximate surface area is 143 Å². The van der Waals surface area contributed by atoms with E-state index in [4.69, 9.17) is 4.74 Å². The number of unbranched alkanes of at least 4 members (excludes halogenated alkanes) is 1. The number of amides is 1. The fraction of sp³-hybridized carbons (Fsp3) is 0.579. The largest absolute Gasteiger partial charge is 0.494 e. The van der Waals surface area contributed by atoms with E-state index >= 15 is 0 Å². The van der Waals surface area contributed by atoms with Crippen molar-refractivity contribution in [2.75, 3.05) is 6.61 Å². The summed E-state index contributed by atoms with van der Waals surface area (Å²) < 4.78 is 5.67. The van der Waals surface area contributed by atoms with E-state index in [1.165, 1.54) is 0 Å². The van der Waals surface area contributed by atoms with Gasteiger partial charge in [-0.2, -0.15) is 0 Å². The molecule has 2 atom stereocenters. The molecule has 1 fully saturated rings. The van der Waals surface area contributed by atoms with Crippen molar-refractivity contribution in [2.24, 2.45) is 11.8 Å². The summed E-state index contributed by atoms with van der Waals surface area (Å²) >= 11 is 0. The van der Waals surface area contributed by atoms with Crippen molar-refractivity contribution in [1.82, 2.24) is 5.32 Å². The number of hydrogen-bond acceptors (Lipinski definition) is 3. The third-order valence-corrected chi connectivity index (χ3v) is 4.55. The Morgan fingerprint density at radius 2 is 2.00 bits per heavy atom. The Hall–Kier alpha value is -2.04. The van der Waals surface area contributed by atoms with E-state index in [-0.39, 0.29) is 5.91 Å². The lowest BCUT2D eigenvalue weighted by atomic mass is 9.78. The number of nitrogens with one attached hydrogen (secondary N) is 1. The second kappa shape index (κ2) is 9.30. The number of benzene rings is 1. The van der Waals surface area contributed by atoms with E-state index in [9.17, 15) is 14.7 Å².